The fraction of sp³-hybridized carbons (Fsp3) is 0.300. The molecule has 2 atom stereocenters. The highest BCUT2D eigenvalue weighted by molar-refractivity contribution is 7.84. The first-order chi connectivity index (χ1) is 12.5. The fourth-order valence-corrected chi connectivity index (χ4v) is 3.24. The molecule has 0 saturated heterocycles. The third kappa shape index (κ3) is 6.11. The predicted octanol–water partition coefficient (Wildman–Crippen LogP) is 2.72. The average Bonchev–Trinajstić information content (AvgIpc) is 2.65. The van der Waals surface area contributed by atoms with Gasteiger partial charge in [0.15, 0.2) is 6.61 Å². The summed E-state index contributed by atoms with van der Waals surface area (Å²) in [4.78, 5) is 24.5. The molecule has 2 rings (SSSR count). The van der Waals surface area contributed by atoms with E-state index in [1.807, 2.05) is 37.3 Å². The Morgan fingerprint density at radius 3 is 2.42 bits per heavy atom. The number of aryl methyl sites for hydroxylation is 1. The number of ether oxygens (including phenoxy) is 1. The molecule has 138 valence electrons. The number of carbonyl (C=O) groups excluding carboxylic acids is 2. The number of rotatable bonds is 8. The standard InChI is InChI=1S/C20H23NO4S/c1-15(12-13-16-8-4-3-5-9-16)21-19(22)14-25-20(23)17-10-6-7-11-18(17)26(2)24/h3-11,15H,12-14H2,1-2H3,(H,21,22)/t15-,26-/m0/s1. The summed E-state index contributed by atoms with van der Waals surface area (Å²) in [6.07, 6.45) is 3.15. The highest BCUT2D eigenvalue weighted by atomic mass is 32.2. The summed E-state index contributed by atoms with van der Waals surface area (Å²) < 4.78 is 16.7. The third-order valence-corrected chi connectivity index (χ3v) is 4.84. The Labute approximate surface area is 156 Å². The lowest BCUT2D eigenvalue weighted by atomic mass is 10.1. The van der Waals surface area contributed by atoms with E-state index < -0.39 is 16.8 Å². The van der Waals surface area contributed by atoms with Gasteiger partial charge < -0.3 is 10.1 Å². The van der Waals surface area contributed by atoms with E-state index in [1.54, 1.807) is 24.3 Å². The van der Waals surface area contributed by atoms with Gasteiger partial charge in [0.2, 0.25) is 0 Å². The Bertz CT molecular complexity index is 776. The van der Waals surface area contributed by atoms with E-state index in [0.29, 0.717) is 4.90 Å². The Kier molecular flexibility index (Phi) is 7.53. The van der Waals surface area contributed by atoms with Gasteiger partial charge >= 0.3 is 5.97 Å². The maximum atomic E-state index is 12.1. The first-order valence-corrected chi connectivity index (χ1v) is 9.96. The first kappa shape index (κ1) is 19.8. The molecule has 0 saturated carbocycles. The van der Waals surface area contributed by atoms with Crippen molar-refractivity contribution in [1.82, 2.24) is 5.32 Å². The molecule has 6 heteroatoms. The van der Waals surface area contributed by atoms with E-state index in [9.17, 15) is 13.8 Å². The van der Waals surface area contributed by atoms with Crippen molar-refractivity contribution in [3.05, 3.63) is 65.7 Å². The Morgan fingerprint density at radius 2 is 1.73 bits per heavy atom. The number of nitrogens with one attached hydrogen (secondary N) is 1. The van der Waals surface area contributed by atoms with Crippen LogP contribution in [0.4, 0.5) is 0 Å². The van der Waals surface area contributed by atoms with Crippen LogP contribution in [0.15, 0.2) is 59.5 Å². The molecule has 0 heterocycles. The molecule has 0 aromatic heterocycles. The average molecular weight is 373 g/mol. The van der Waals surface area contributed by atoms with Gasteiger partial charge in [-0.25, -0.2) is 4.79 Å². The van der Waals surface area contributed by atoms with Gasteiger partial charge in [-0.1, -0.05) is 42.5 Å². The van der Waals surface area contributed by atoms with Crippen molar-refractivity contribution in [2.24, 2.45) is 0 Å². The molecule has 0 bridgehead atoms. The Balaban J connectivity index is 1.79. The highest BCUT2D eigenvalue weighted by Crippen LogP contribution is 2.13. The van der Waals surface area contributed by atoms with Gasteiger partial charge in [-0.15, -0.1) is 0 Å². The van der Waals surface area contributed by atoms with Crippen LogP contribution in [0, 0.1) is 0 Å². The lowest BCUT2D eigenvalue weighted by molar-refractivity contribution is -0.124. The van der Waals surface area contributed by atoms with Gasteiger partial charge in [0.1, 0.15) is 0 Å². The molecular weight excluding hydrogens is 350 g/mol. The number of hydrogen-bond acceptors (Lipinski definition) is 4. The molecule has 1 N–H and O–H groups in total. The fourth-order valence-electron chi connectivity index (χ4n) is 2.51. The SMILES string of the molecule is C[C@@H](CCc1ccccc1)NC(=O)COC(=O)c1ccccc1[S@](C)=O. The monoisotopic (exact) mass is 373 g/mol. The molecule has 2 aromatic rings. The Morgan fingerprint density at radius 1 is 1.08 bits per heavy atom. The minimum Gasteiger partial charge on any atom is -0.452 e. The van der Waals surface area contributed by atoms with Crippen molar-refractivity contribution in [1.29, 1.82) is 0 Å². The maximum Gasteiger partial charge on any atom is 0.339 e. The van der Waals surface area contributed by atoms with Crippen molar-refractivity contribution in [3.8, 4) is 0 Å². The molecule has 2 aromatic carbocycles. The van der Waals surface area contributed by atoms with Gasteiger partial charge in [0.05, 0.1) is 21.3 Å². The molecule has 0 aliphatic rings. The van der Waals surface area contributed by atoms with E-state index in [2.05, 4.69) is 5.32 Å². The molecule has 0 fully saturated rings. The van der Waals surface area contributed by atoms with Gasteiger partial charge in [-0.3, -0.25) is 9.00 Å². The van der Waals surface area contributed by atoms with Crippen LogP contribution in [0.2, 0.25) is 0 Å². The zero-order chi connectivity index (χ0) is 18.9. The van der Waals surface area contributed by atoms with E-state index in [4.69, 9.17) is 4.74 Å². The van der Waals surface area contributed by atoms with Crippen LogP contribution in [0.25, 0.3) is 0 Å². The molecule has 0 unspecified atom stereocenters. The van der Waals surface area contributed by atoms with Crippen molar-refractivity contribution < 1.29 is 18.5 Å². The second-order valence-electron chi connectivity index (χ2n) is 6.02. The van der Waals surface area contributed by atoms with E-state index in [1.165, 1.54) is 11.8 Å². The zero-order valence-corrected chi connectivity index (χ0v) is 15.8. The second kappa shape index (κ2) is 9.87. The number of benzene rings is 2. The quantitative estimate of drug-likeness (QED) is 0.722. The van der Waals surface area contributed by atoms with E-state index in [0.717, 1.165) is 12.8 Å². The second-order valence-corrected chi connectivity index (χ2v) is 7.37. The summed E-state index contributed by atoms with van der Waals surface area (Å²) in [6.45, 7) is 1.55. The molecule has 0 radical (unpaired) electrons. The van der Waals surface area contributed by atoms with Gasteiger partial charge in [-0.2, -0.15) is 0 Å². The van der Waals surface area contributed by atoms with Crippen LogP contribution in [-0.2, 0) is 26.8 Å². The smallest absolute Gasteiger partial charge is 0.339 e. The summed E-state index contributed by atoms with van der Waals surface area (Å²) in [5.74, 6) is -1.00. The Hall–Kier alpha value is -2.47. The van der Waals surface area contributed by atoms with Crippen LogP contribution < -0.4 is 5.32 Å². The molecule has 0 aliphatic heterocycles. The van der Waals surface area contributed by atoms with Crippen LogP contribution in [-0.4, -0.2) is 35.0 Å². The predicted molar refractivity (Wildman–Crippen MR) is 101 cm³/mol. The molecule has 5 nitrogen and oxygen atoms in total. The van der Waals surface area contributed by atoms with Crippen molar-refractivity contribution in [3.63, 3.8) is 0 Å². The molecule has 0 spiro atoms. The topological polar surface area (TPSA) is 72.5 Å². The van der Waals surface area contributed by atoms with Crippen molar-refractivity contribution in [2.45, 2.75) is 30.7 Å². The normalized spacial score (nSPS) is 12.8. The van der Waals surface area contributed by atoms with E-state index in [-0.39, 0.29) is 24.1 Å². The van der Waals surface area contributed by atoms with Gasteiger partial charge in [0.25, 0.3) is 5.91 Å². The summed E-state index contributed by atoms with van der Waals surface area (Å²) >= 11 is 0. The van der Waals surface area contributed by atoms with E-state index >= 15 is 0 Å². The van der Waals surface area contributed by atoms with Crippen LogP contribution in [0.5, 0.6) is 0 Å². The number of hydrogen-bond donors (Lipinski definition) is 1. The first-order valence-electron chi connectivity index (χ1n) is 8.40. The lowest BCUT2D eigenvalue weighted by Gasteiger charge is -2.14. The molecule has 0 aliphatic carbocycles. The number of esters is 1. The van der Waals surface area contributed by atoms with Gasteiger partial charge in [0, 0.05) is 12.3 Å². The van der Waals surface area contributed by atoms with Crippen molar-refractivity contribution >= 4 is 22.7 Å². The summed E-state index contributed by atoms with van der Waals surface area (Å²) in [6, 6.07) is 16.5. The van der Waals surface area contributed by atoms with Crippen molar-refractivity contribution in [2.75, 3.05) is 12.9 Å². The zero-order valence-electron chi connectivity index (χ0n) is 14.9. The maximum absolute atomic E-state index is 12.1. The van der Waals surface area contributed by atoms with Crippen LogP contribution in [0.1, 0.15) is 29.3 Å². The minimum absolute atomic E-state index is 0.0307. The molecule has 1 amide bonds. The number of carbonyl (C=O) groups is 2. The number of amides is 1. The summed E-state index contributed by atoms with van der Waals surface area (Å²) in [7, 11) is -1.31. The van der Waals surface area contributed by atoms with Crippen LogP contribution >= 0.6 is 0 Å². The lowest BCUT2D eigenvalue weighted by Crippen LogP contribution is -2.36. The third-order valence-electron chi connectivity index (χ3n) is 3.87. The van der Waals surface area contributed by atoms with Gasteiger partial charge in [-0.05, 0) is 37.5 Å². The summed E-state index contributed by atoms with van der Waals surface area (Å²) in [5.41, 5.74) is 1.43. The minimum atomic E-state index is -1.31. The summed E-state index contributed by atoms with van der Waals surface area (Å²) in [5, 5.41) is 2.82. The van der Waals surface area contributed by atoms with Crippen LogP contribution in [0.3, 0.4) is 0 Å². The largest absolute Gasteiger partial charge is 0.452 e. The highest BCUT2D eigenvalue weighted by Gasteiger charge is 2.16. The molecule has 26 heavy (non-hydrogen) atoms. The molecular formula is C20H23NO4S.